The standard InChI is InChI=1S/C7H8N2O4/c8-7(12)9(5(11)4-10)6-2-1-3-13-6/h1-3,10H,4H2,(H2,8,12). The molecule has 3 amide bonds. The lowest BCUT2D eigenvalue weighted by Gasteiger charge is -2.12. The van der Waals surface area contributed by atoms with Gasteiger partial charge in [-0.2, -0.15) is 4.90 Å². The molecule has 0 unspecified atom stereocenters. The molecule has 0 aliphatic rings. The van der Waals surface area contributed by atoms with E-state index >= 15 is 0 Å². The number of imide groups is 1. The third-order valence-electron chi connectivity index (χ3n) is 1.33. The van der Waals surface area contributed by atoms with E-state index in [1.807, 2.05) is 0 Å². The Labute approximate surface area is 73.5 Å². The van der Waals surface area contributed by atoms with Crippen LogP contribution in [0.2, 0.25) is 0 Å². The fourth-order valence-electron chi connectivity index (χ4n) is 0.822. The highest BCUT2D eigenvalue weighted by molar-refractivity contribution is 6.13. The maximum absolute atomic E-state index is 11.0. The van der Waals surface area contributed by atoms with Gasteiger partial charge in [0, 0.05) is 6.07 Å². The van der Waals surface area contributed by atoms with E-state index < -0.39 is 18.5 Å². The van der Waals surface area contributed by atoms with Gasteiger partial charge in [-0.25, -0.2) is 4.79 Å². The monoisotopic (exact) mass is 184 g/mol. The van der Waals surface area contributed by atoms with Crippen LogP contribution in [-0.2, 0) is 4.79 Å². The first-order valence-electron chi connectivity index (χ1n) is 3.43. The topological polar surface area (TPSA) is 96.8 Å². The van der Waals surface area contributed by atoms with E-state index in [0.29, 0.717) is 4.90 Å². The molecule has 1 aromatic heterocycles. The smallest absolute Gasteiger partial charge is 0.328 e. The van der Waals surface area contributed by atoms with Crippen LogP contribution in [0, 0.1) is 0 Å². The van der Waals surface area contributed by atoms with Gasteiger partial charge in [-0.1, -0.05) is 0 Å². The van der Waals surface area contributed by atoms with Gasteiger partial charge in [0.15, 0.2) is 0 Å². The highest BCUT2D eigenvalue weighted by Crippen LogP contribution is 2.13. The first kappa shape index (κ1) is 9.27. The van der Waals surface area contributed by atoms with Gasteiger partial charge in [0.25, 0.3) is 5.91 Å². The molecule has 0 aliphatic heterocycles. The third kappa shape index (κ3) is 1.85. The highest BCUT2D eigenvalue weighted by atomic mass is 16.4. The number of hydrogen-bond acceptors (Lipinski definition) is 4. The summed E-state index contributed by atoms with van der Waals surface area (Å²) in [5, 5.41) is 8.51. The van der Waals surface area contributed by atoms with Crippen molar-refractivity contribution in [3.63, 3.8) is 0 Å². The third-order valence-corrected chi connectivity index (χ3v) is 1.33. The molecule has 1 aromatic rings. The van der Waals surface area contributed by atoms with E-state index in [-0.39, 0.29) is 5.88 Å². The van der Waals surface area contributed by atoms with E-state index in [2.05, 4.69) is 0 Å². The van der Waals surface area contributed by atoms with E-state index in [4.69, 9.17) is 15.3 Å². The molecule has 0 fully saturated rings. The fraction of sp³-hybridized carbons (Fsp3) is 0.143. The van der Waals surface area contributed by atoms with Crippen molar-refractivity contribution in [3.05, 3.63) is 18.4 Å². The molecule has 0 radical (unpaired) electrons. The lowest BCUT2D eigenvalue weighted by molar-refractivity contribution is -0.120. The molecule has 0 atom stereocenters. The molecule has 1 heterocycles. The molecule has 0 aromatic carbocycles. The average molecular weight is 184 g/mol. The predicted octanol–water partition coefficient (Wildman–Crippen LogP) is -0.316. The van der Waals surface area contributed by atoms with Crippen molar-refractivity contribution >= 4 is 17.8 Å². The van der Waals surface area contributed by atoms with Gasteiger partial charge in [-0.05, 0) is 6.07 Å². The number of primary amides is 1. The number of amides is 3. The van der Waals surface area contributed by atoms with Gasteiger partial charge in [0.05, 0.1) is 6.26 Å². The summed E-state index contributed by atoms with van der Waals surface area (Å²) < 4.78 is 4.77. The summed E-state index contributed by atoms with van der Waals surface area (Å²) in [6, 6.07) is 1.89. The Morgan fingerprint density at radius 2 is 2.31 bits per heavy atom. The number of nitrogens with zero attached hydrogens (tertiary/aromatic N) is 1. The quantitative estimate of drug-likeness (QED) is 0.658. The molecule has 0 saturated carbocycles. The number of aliphatic hydroxyl groups is 1. The molecule has 70 valence electrons. The van der Waals surface area contributed by atoms with Gasteiger partial charge < -0.3 is 15.3 Å². The number of urea groups is 1. The average Bonchev–Trinajstić information content (AvgIpc) is 2.56. The van der Waals surface area contributed by atoms with Crippen LogP contribution >= 0.6 is 0 Å². The number of carbonyl (C=O) groups is 2. The van der Waals surface area contributed by atoms with E-state index in [1.165, 1.54) is 18.4 Å². The minimum Gasteiger partial charge on any atom is -0.448 e. The number of rotatable bonds is 2. The van der Waals surface area contributed by atoms with Gasteiger partial charge in [-0.3, -0.25) is 4.79 Å². The summed E-state index contributed by atoms with van der Waals surface area (Å²) in [4.78, 5) is 22.3. The second-order valence-electron chi connectivity index (χ2n) is 2.18. The molecule has 0 bridgehead atoms. The second-order valence-corrected chi connectivity index (χ2v) is 2.18. The maximum atomic E-state index is 11.0. The summed E-state index contributed by atoms with van der Waals surface area (Å²) in [6.45, 7) is -0.802. The number of hydrogen-bond donors (Lipinski definition) is 2. The second kappa shape index (κ2) is 3.72. The molecule has 13 heavy (non-hydrogen) atoms. The predicted molar refractivity (Wildman–Crippen MR) is 42.9 cm³/mol. The van der Waals surface area contributed by atoms with Gasteiger partial charge >= 0.3 is 6.03 Å². The van der Waals surface area contributed by atoms with Crippen LogP contribution in [0.15, 0.2) is 22.8 Å². The Balaban J connectivity index is 2.93. The SMILES string of the molecule is NC(=O)N(C(=O)CO)c1ccco1. The van der Waals surface area contributed by atoms with Crippen molar-refractivity contribution in [2.24, 2.45) is 5.73 Å². The first-order valence-corrected chi connectivity index (χ1v) is 3.43. The molecule has 1 rings (SSSR count). The maximum Gasteiger partial charge on any atom is 0.328 e. The number of furan rings is 1. The van der Waals surface area contributed by atoms with Crippen LogP contribution in [0.1, 0.15) is 0 Å². The molecule has 6 nitrogen and oxygen atoms in total. The van der Waals surface area contributed by atoms with Crippen molar-refractivity contribution in [2.45, 2.75) is 0 Å². The molecule has 3 N–H and O–H groups in total. The van der Waals surface area contributed by atoms with Crippen molar-refractivity contribution in [3.8, 4) is 0 Å². The van der Waals surface area contributed by atoms with Gasteiger partial charge in [0.1, 0.15) is 6.61 Å². The summed E-state index contributed by atoms with van der Waals surface area (Å²) in [5.74, 6) is -0.839. The number of anilines is 1. The summed E-state index contributed by atoms with van der Waals surface area (Å²) >= 11 is 0. The molecule has 0 aliphatic carbocycles. The number of aliphatic hydroxyl groups excluding tert-OH is 1. The Hall–Kier alpha value is -1.82. The normalized spacial score (nSPS) is 9.62. The zero-order chi connectivity index (χ0) is 9.84. The molecule has 0 saturated heterocycles. The van der Waals surface area contributed by atoms with Crippen LogP contribution in [-0.4, -0.2) is 23.7 Å². The first-order chi connectivity index (χ1) is 6.16. The van der Waals surface area contributed by atoms with Gasteiger partial charge in [-0.15, -0.1) is 0 Å². The number of carbonyl (C=O) groups excluding carboxylic acids is 2. The zero-order valence-corrected chi connectivity index (χ0v) is 6.64. The van der Waals surface area contributed by atoms with E-state index in [0.717, 1.165) is 0 Å². The van der Waals surface area contributed by atoms with Crippen molar-refractivity contribution in [1.29, 1.82) is 0 Å². The van der Waals surface area contributed by atoms with Crippen LogP contribution in [0.4, 0.5) is 10.7 Å². The Morgan fingerprint density at radius 1 is 1.62 bits per heavy atom. The van der Waals surface area contributed by atoms with Crippen LogP contribution in [0.25, 0.3) is 0 Å². The van der Waals surface area contributed by atoms with E-state index in [9.17, 15) is 9.59 Å². The minimum absolute atomic E-state index is 0.00782. The Kier molecular flexibility index (Phi) is 2.65. The van der Waals surface area contributed by atoms with Crippen LogP contribution in [0.3, 0.4) is 0 Å². The zero-order valence-electron chi connectivity index (χ0n) is 6.64. The lowest BCUT2D eigenvalue weighted by atomic mass is 10.5. The Morgan fingerprint density at radius 3 is 2.69 bits per heavy atom. The summed E-state index contributed by atoms with van der Waals surface area (Å²) in [5.41, 5.74) is 4.90. The Bertz CT molecular complexity index is 306. The molecule has 0 spiro atoms. The van der Waals surface area contributed by atoms with Crippen molar-refractivity contribution < 1.29 is 19.1 Å². The number of nitrogens with two attached hydrogens (primary N) is 1. The molecular weight excluding hydrogens is 176 g/mol. The van der Waals surface area contributed by atoms with Gasteiger partial charge in [0.2, 0.25) is 5.88 Å². The summed E-state index contributed by atoms with van der Waals surface area (Å²) in [7, 11) is 0. The van der Waals surface area contributed by atoms with Crippen LogP contribution in [0.5, 0.6) is 0 Å². The largest absolute Gasteiger partial charge is 0.448 e. The van der Waals surface area contributed by atoms with Crippen LogP contribution < -0.4 is 10.6 Å². The van der Waals surface area contributed by atoms with Crippen molar-refractivity contribution in [1.82, 2.24) is 0 Å². The highest BCUT2D eigenvalue weighted by Gasteiger charge is 2.22. The van der Waals surface area contributed by atoms with Crippen molar-refractivity contribution in [2.75, 3.05) is 11.5 Å². The van der Waals surface area contributed by atoms with E-state index in [1.54, 1.807) is 0 Å². The summed E-state index contributed by atoms with van der Waals surface area (Å²) in [6.07, 6.45) is 1.29. The molecular formula is C7H8N2O4. The molecule has 6 heteroatoms. The minimum atomic E-state index is -0.992. The lowest BCUT2D eigenvalue weighted by Crippen LogP contribution is -2.42. The fourth-order valence-corrected chi connectivity index (χ4v) is 0.822.